The van der Waals surface area contributed by atoms with Gasteiger partial charge in [-0.05, 0) is 38.5 Å². The lowest BCUT2D eigenvalue weighted by molar-refractivity contribution is -0.120. The average Bonchev–Trinajstić information content (AvgIpc) is 3.09. The first-order valence-corrected chi connectivity index (χ1v) is 6.30. The minimum atomic E-state index is 0.0244. The number of rotatable bonds is 5. The van der Waals surface area contributed by atoms with Crippen LogP contribution in [0.15, 0.2) is 11.6 Å². The summed E-state index contributed by atoms with van der Waals surface area (Å²) in [5, 5.41) is 12.1. The first-order chi connectivity index (χ1) is 7.74. The Kier molecular flexibility index (Phi) is 3.64. The molecule has 3 heteroatoms. The summed E-state index contributed by atoms with van der Waals surface area (Å²) in [6.07, 6.45) is 9.56. The van der Waals surface area contributed by atoms with Gasteiger partial charge in [-0.1, -0.05) is 11.6 Å². The van der Waals surface area contributed by atoms with Gasteiger partial charge in [0.05, 0.1) is 6.61 Å². The van der Waals surface area contributed by atoms with Gasteiger partial charge in [0, 0.05) is 18.4 Å². The van der Waals surface area contributed by atoms with E-state index in [9.17, 15) is 4.79 Å². The fourth-order valence-electron chi connectivity index (χ4n) is 2.19. The minimum Gasteiger partial charge on any atom is -0.396 e. The van der Waals surface area contributed by atoms with E-state index in [1.165, 1.54) is 18.4 Å². The van der Waals surface area contributed by atoms with E-state index in [1.54, 1.807) is 0 Å². The quantitative estimate of drug-likeness (QED) is 0.698. The van der Waals surface area contributed by atoms with Crippen LogP contribution in [0.2, 0.25) is 0 Å². The molecule has 0 atom stereocenters. The zero-order valence-corrected chi connectivity index (χ0v) is 9.80. The molecule has 0 saturated heterocycles. The summed E-state index contributed by atoms with van der Waals surface area (Å²) in [7, 11) is 0. The molecule has 1 saturated carbocycles. The summed E-state index contributed by atoms with van der Waals surface area (Å²) in [5.74, 6) is 0.118. The summed E-state index contributed by atoms with van der Waals surface area (Å²) >= 11 is 0. The molecular formula is C13H21NO2. The lowest BCUT2D eigenvalue weighted by Crippen LogP contribution is -2.32. The molecule has 0 aliphatic heterocycles. The molecular weight excluding hydrogens is 202 g/mol. The van der Waals surface area contributed by atoms with Crippen molar-refractivity contribution in [2.75, 3.05) is 13.2 Å². The highest BCUT2D eigenvalue weighted by Gasteiger charge is 2.41. The molecule has 2 N–H and O–H groups in total. The second-order valence-corrected chi connectivity index (χ2v) is 5.22. The largest absolute Gasteiger partial charge is 0.396 e. The summed E-state index contributed by atoms with van der Waals surface area (Å²) in [6.45, 7) is 0.853. The van der Waals surface area contributed by atoms with Crippen molar-refractivity contribution >= 4 is 5.91 Å². The zero-order valence-electron chi connectivity index (χ0n) is 9.80. The van der Waals surface area contributed by atoms with E-state index in [2.05, 4.69) is 11.4 Å². The van der Waals surface area contributed by atoms with Crippen LogP contribution in [0.3, 0.4) is 0 Å². The molecule has 0 heterocycles. The maximum Gasteiger partial charge on any atom is 0.224 e. The molecule has 2 rings (SSSR count). The lowest BCUT2D eigenvalue weighted by Gasteiger charge is -2.15. The van der Waals surface area contributed by atoms with Crippen LogP contribution in [0.5, 0.6) is 0 Å². The predicted octanol–water partition coefficient (Wildman–Crippen LogP) is 1.77. The number of nitrogens with one attached hydrogen (secondary N) is 1. The van der Waals surface area contributed by atoms with Crippen LogP contribution < -0.4 is 5.32 Å². The highest BCUT2D eigenvalue weighted by Crippen LogP contribution is 2.44. The summed E-state index contributed by atoms with van der Waals surface area (Å²) < 4.78 is 0. The number of carbonyl (C=O) groups is 1. The monoisotopic (exact) mass is 223 g/mol. The summed E-state index contributed by atoms with van der Waals surface area (Å²) in [6, 6.07) is 0. The van der Waals surface area contributed by atoms with Crippen molar-refractivity contribution in [2.45, 2.75) is 44.9 Å². The number of hydrogen-bond donors (Lipinski definition) is 2. The fraction of sp³-hybridized carbons (Fsp3) is 0.769. The topological polar surface area (TPSA) is 49.3 Å². The van der Waals surface area contributed by atoms with E-state index in [4.69, 9.17) is 5.11 Å². The summed E-state index contributed by atoms with van der Waals surface area (Å²) in [4.78, 5) is 11.7. The molecule has 0 aromatic carbocycles. The van der Waals surface area contributed by atoms with Crippen molar-refractivity contribution in [2.24, 2.45) is 5.41 Å². The van der Waals surface area contributed by atoms with Crippen LogP contribution in [-0.4, -0.2) is 24.2 Å². The van der Waals surface area contributed by atoms with Gasteiger partial charge in [0.25, 0.3) is 0 Å². The van der Waals surface area contributed by atoms with E-state index in [0.717, 1.165) is 25.7 Å². The first-order valence-electron chi connectivity index (χ1n) is 6.30. The lowest BCUT2D eigenvalue weighted by atomic mass is 9.97. The van der Waals surface area contributed by atoms with Gasteiger partial charge in [0.2, 0.25) is 5.91 Å². The van der Waals surface area contributed by atoms with Gasteiger partial charge in [-0.2, -0.15) is 0 Å². The molecule has 3 nitrogen and oxygen atoms in total. The third-order valence-electron chi connectivity index (χ3n) is 3.73. The number of amides is 1. The van der Waals surface area contributed by atoms with E-state index in [1.807, 2.05) is 0 Å². The van der Waals surface area contributed by atoms with Crippen molar-refractivity contribution in [1.29, 1.82) is 0 Å². The second kappa shape index (κ2) is 5.00. The third kappa shape index (κ3) is 3.08. The van der Waals surface area contributed by atoms with E-state index in [-0.39, 0.29) is 17.9 Å². The van der Waals surface area contributed by atoms with E-state index >= 15 is 0 Å². The Morgan fingerprint density at radius 3 is 2.81 bits per heavy atom. The highest BCUT2D eigenvalue weighted by molar-refractivity contribution is 5.78. The van der Waals surface area contributed by atoms with Crippen LogP contribution in [-0.2, 0) is 4.79 Å². The Labute approximate surface area is 96.9 Å². The van der Waals surface area contributed by atoms with Gasteiger partial charge in [-0.15, -0.1) is 0 Å². The van der Waals surface area contributed by atoms with Crippen LogP contribution >= 0.6 is 0 Å². The molecule has 2 aliphatic carbocycles. The van der Waals surface area contributed by atoms with Crippen LogP contribution in [0.1, 0.15) is 44.9 Å². The normalized spacial score (nSPS) is 22.4. The number of allylic oxidation sites excluding steroid dienone is 1. The van der Waals surface area contributed by atoms with Crippen LogP contribution in [0, 0.1) is 5.41 Å². The minimum absolute atomic E-state index is 0.0244. The first kappa shape index (κ1) is 11.6. The molecule has 90 valence electrons. The molecule has 0 spiro atoms. The predicted molar refractivity (Wildman–Crippen MR) is 62.9 cm³/mol. The van der Waals surface area contributed by atoms with Crippen molar-refractivity contribution in [3.63, 3.8) is 0 Å². The van der Waals surface area contributed by atoms with E-state index < -0.39 is 0 Å². The molecule has 0 unspecified atom stereocenters. The van der Waals surface area contributed by atoms with E-state index in [0.29, 0.717) is 13.0 Å². The number of hydrogen-bond acceptors (Lipinski definition) is 2. The maximum atomic E-state index is 11.7. The van der Waals surface area contributed by atoms with Crippen molar-refractivity contribution in [3.05, 3.63) is 11.6 Å². The molecule has 1 fully saturated rings. The van der Waals surface area contributed by atoms with Gasteiger partial charge in [-0.3, -0.25) is 4.79 Å². The van der Waals surface area contributed by atoms with Crippen molar-refractivity contribution in [1.82, 2.24) is 5.32 Å². The molecule has 16 heavy (non-hydrogen) atoms. The molecule has 1 amide bonds. The number of aliphatic hydroxyl groups is 1. The van der Waals surface area contributed by atoms with Crippen LogP contribution in [0.25, 0.3) is 0 Å². The van der Waals surface area contributed by atoms with Gasteiger partial charge in [-0.25, -0.2) is 0 Å². The maximum absolute atomic E-state index is 11.7. The fourth-order valence-corrected chi connectivity index (χ4v) is 2.19. The Morgan fingerprint density at radius 2 is 2.25 bits per heavy atom. The number of carbonyl (C=O) groups excluding carboxylic acids is 1. The van der Waals surface area contributed by atoms with Crippen molar-refractivity contribution in [3.8, 4) is 0 Å². The molecule has 0 aromatic rings. The Balaban J connectivity index is 1.70. The van der Waals surface area contributed by atoms with Crippen molar-refractivity contribution < 1.29 is 9.90 Å². The third-order valence-corrected chi connectivity index (χ3v) is 3.73. The molecule has 0 radical (unpaired) electrons. The molecule has 2 aliphatic rings. The van der Waals surface area contributed by atoms with Gasteiger partial charge >= 0.3 is 0 Å². The Bertz CT molecular complexity index is 292. The molecule has 0 aromatic heterocycles. The SMILES string of the molecule is O=C(CC1=CCCCC1)NCC1(CO)CC1. The molecule has 0 bridgehead atoms. The number of aliphatic hydroxyl groups excluding tert-OH is 1. The Morgan fingerprint density at radius 1 is 1.44 bits per heavy atom. The Hall–Kier alpha value is -0.830. The summed E-state index contributed by atoms with van der Waals surface area (Å²) in [5.41, 5.74) is 1.31. The highest BCUT2D eigenvalue weighted by atomic mass is 16.3. The second-order valence-electron chi connectivity index (χ2n) is 5.22. The standard InChI is InChI=1S/C13H21NO2/c15-10-13(6-7-13)9-14-12(16)8-11-4-2-1-3-5-11/h4,15H,1-3,5-10H2,(H,14,16). The van der Waals surface area contributed by atoms with Gasteiger partial charge in [0.15, 0.2) is 0 Å². The van der Waals surface area contributed by atoms with Gasteiger partial charge < -0.3 is 10.4 Å². The zero-order chi connectivity index (χ0) is 11.4. The average molecular weight is 223 g/mol. The van der Waals surface area contributed by atoms with Gasteiger partial charge in [0.1, 0.15) is 0 Å². The van der Waals surface area contributed by atoms with Crippen LogP contribution in [0.4, 0.5) is 0 Å². The smallest absolute Gasteiger partial charge is 0.224 e.